The molecule has 0 saturated heterocycles. The van der Waals surface area contributed by atoms with Gasteiger partial charge in [0.1, 0.15) is 0 Å². The zero-order chi connectivity index (χ0) is 14.2. The van der Waals surface area contributed by atoms with Crippen molar-refractivity contribution in [2.45, 2.75) is 26.2 Å². The van der Waals surface area contributed by atoms with Crippen LogP contribution in [0.1, 0.15) is 19.4 Å². The van der Waals surface area contributed by atoms with Crippen molar-refractivity contribution in [3.63, 3.8) is 0 Å². The van der Waals surface area contributed by atoms with Gasteiger partial charge in [-0.3, -0.25) is 0 Å². The Hall–Kier alpha value is -1.87. The molecule has 0 aromatic heterocycles. The van der Waals surface area contributed by atoms with E-state index in [4.69, 9.17) is 21.1 Å². The summed E-state index contributed by atoms with van der Waals surface area (Å²) in [7, 11) is 0. The Kier molecular flexibility index (Phi) is 3.22. The van der Waals surface area contributed by atoms with Crippen molar-refractivity contribution >= 4 is 17.3 Å². The quantitative estimate of drug-likeness (QED) is 0.905. The molecule has 1 aliphatic heterocycles. The minimum absolute atomic E-state index is 0.589. The van der Waals surface area contributed by atoms with Gasteiger partial charge in [-0.15, -0.1) is 0 Å². The third-order valence-corrected chi connectivity index (χ3v) is 3.28. The van der Waals surface area contributed by atoms with E-state index in [-0.39, 0.29) is 0 Å². The second-order valence-electron chi connectivity index (χ2n) is 5.25. The molecule has 0 amide bonds. The van der Waals surface area contributed by atoms with Gasteiger partial charge in [-0.2, -0.15) is 0 Å². The van der Waals surface area contributed by atoms with E-state index < -0.39 is 5.79 Å². The van der Waals surface area contributed by atoms with Gasteiger partial charge in [0.15, 0.2) is 11.5 Å². The normalized spacial score (nSPS) is 15.2. The van der Waals surface area contributed by atoms with E-state index in [2.05, 4.69) is 5.32 Å². The molecule has 1 N–H and O–H groups in total. The number of ether oxygens (including phenoxy) is 2. The summed E-state index contributed by atoms with van der Waals surface area (Å²) >= 11 is 5.97. The Bertz CT molecular complexity index is 640. The molecule has 0 bridgehead atoms. The Morgan fingerprint density at radius 2 is 1.85 bits per heavy atom. The maximum Gasteiger partial charge on any atom is 0.246 e. The highest BCUT2D eigenvalue weighted by Gasteiger charge is 2.31. The molecule has 3 rings (SSSR count). The molecule has 2 aromatic rings. The first-order valence-corrected chi connectivity index (χ1v) is 6.90. The molecule has 2 aromatic carbocycles. The monoisotopic (exact) mass is 289 g/mol. The number of hydrogen-bond acceptors (Lipinski definition) is 3. The summed E-state index contributed by atoms with van der Waals surface area (Å²) in [5.41, 5.74) is 2.13. The largest absolute Gasteiger partial charge is 0.449 e. The van der Waals surface area contributed by atoms with Crippen LogP contribution in [-0.2, 0) is 6.54 Å². The van der Waals surface area contributed by atoms with Gasteiger partial charge < -0.3 is 14.8 Å². The van der Waals surface area contributed by atoms with Crippen LogP contribution in [0.25, 0.3) is 0 Å². The molecule has 0 fully saturated rings. The van der Waals surface area contributed by atoms with E-state index in [0.29, 0.717) is 6.54 Å². The molecule has 0 aliphatic carbocycles. The van der Waals surface area contributed by atoms with Crippen molar-refractivity contribution in [2.75, 3.05) is 5.32 Å². The van der Waals surface area contributed by atoms with Crippen LogP contribution in [0.4, 0.5) is 5.69 Å². The number of rotatable bonds is 3. The fourth-order valence-electron chi connectivity index (χ4n) is 2.18. The second kappa shape index (κ2) is 4.91. The molecule has 0 spiro atoms. The van der Waals surface area contributed by atoms with E-state index in [9.17, 15) is 0 Å². The van der Waals surface area contributed by atoms with Crippen molar-refractivity contribution in [3.05, 3.63) is 53.1 Å². The Balaban J connectivity index is 1.71. The van der Waals surface area contributed by atoms with Crippen molar-refractivity contribution in [1.29, 1.82) is 0 Å². The minimum atomic E-state index is -0.589. The summed E-state index contributed by atoms with van der Waals surface area (Å²) in [4.78, 5) is 0. The smallest absolute Gasteiger partial charge is 0.246 e. The fourth-order valence-corrected chi connectivity index (χ4v) is 2.40. The highest BCUT2D eigenvalue weighted by molar-refractivity contribution is 6.30. The lowest BCUT2D eigenvalue weighted by atomic mass is 10.2. The van der Waals surface area contributed by atoms with E-state index in [0.717, 1.165) is 27.8 Å². The molecule has 1 aliphatic rings. The predicted molar refractivity (Wildman–Crippen MR) is 80.6 cm³/mol. The molecule has 0 atom stereocenters. The van der Waals surface area contributed by atoms with Crippen LogP contribution in [0.3, 0.4) is 0 Å². The van der Waals surface area contributed by atoms with E-state index in [1.54, 1.807) is 0 Å². The summed E-state index contributed by atoms with van der Waals surface area (Å²) in [5.74, 6) is 0.961. The van der Waals surface area contributed by atoms with E-state index in [1.165, 1.54) is 0 Å². The van der Waals surface area contributed by atoms with Crippen LogP contribution in [0.15, 0.2) is 42.5 Å². The molecule has 3 nitrogen and oxygen atoms in total. The molecule has 20 heavy (non-hydrogen) atoms. The first-order chi connectivity index (χ1) is 9.52. The van der Waals surface area contributed by atoms with Crippen LogP contribution in [-0.4, -0.2) is 5.79 Å². The summed E-state index contributed by atoms with van der Waals surface area (Å²) < 4.78 is 11.4. The first-order valence-electron chi connectivity index (χ1n) is 6.52. The van der Waals surface area contributed by atoms with Gasteiger partial charge in [0.25, 0.3) is 0 Å². The van der Waals surface area contributed by atoms with Gasteiger partial charge in [0.2, 0.25) is 5.79 Å². The van der Waals surface area contributed by atoms with Crippen LogP contribution >= 0.6 is 11.6 Å². The van der Waals surface area contributed by atoms with Gasteiger partial charge in [0.05, 0.1) is 0 Å². The zero-order valence-electron chi connectivity index (χ0n) is 11.4. The molecular weight excluding hydrogens is 274 g/mol. The van der Waals surface area contributed by atoms with Crippen LogP contribution in [0, 0.1) is 0 Å². The molecule has 1 heterocycles. The van der Waals surface area contributed by atoms with E-state index >= 15 is 0 Å². The van der Waals surface area contributed by atoms with E-state index in [1.807, 2.05) is 56.3 Å². The Morgan fingerprint density at radius 1 is 1.05 bits per heavy atom. The zero-order valence-corrected chi connectivity index (χ0v) is 12.2. The van der Waals surface area contributed by atoms with Crippen LogP contribution in [0.5, 0.6) is 11.5 Å². The highest BCUT2D eigenvalue weighted by atomic mass is 35.5. The number of benzene rings is 2. The lowest BCUT2D eigenvalue weighted by Gasteiger charge is -2.16. The number of halogens is 1. The van der Waals surface area contributed by atoms with Crippen molar-refractivity contribution in [2.24, 2.45) is 0 Å². The number of fused-ring (bicyclic) bond motifs is 1. The molecule has 104 valence electrons. The van der Waals surface area contributed by atoms with Gasteiger partial charge in [-0.1, -0.05) is 23.7 Å². The third kappa shape index (κ3) is 2.83. The summed E-state index contributed by atoms with van der Waals surface area (Å²) in [6.07, 6.45) is 0. The van der Waals surface area contributed by atoms with Crippen molar-refractivity contribution in [3.8, 4) is 11.5 Å². The second-order valence-corrected chi connectivity index (χ2v) is 5.69. The van der Waals surface area contributed by atoms with Crippen LogP contribution in [0.2, 0.25) is 5.02 Å². The Labute approximate surface area is 123 Å². The number of anilines is 1. The van der Waals surface area contributed by atoms with Gasteiger partial charge >= 0.3 is 0 Å². The van der Waals surface area contributed by atoms with Crippen LogP contribution < -0.4 is 14.8 Å². The first kappa shape index (κ1) is 13.1. The average Bonchev–Trinajstić information content (AvgIpc) is 2.69. The van der Waals surface area contributed by atoms with Gasteiger partial charge in [0, 0.05) is 37.2 Å². The Morgan fingerprint density at radius 3 is 2.65 bits per heavy atom. The maximum atomic E-state index is 5.97. The lowest BCUT2D eigenvalue weighted by molar-refractivity contribution is -0.0431. The van der Waals surface area contributed by atoms with Crippen molar-refractivity contribution in [1.82, 2.24) is 0 Å². The number of hydrogen-bond donors (Lipinski definition) is 1. The maximum absolute atomic E-state index is 5.97. The average molecular weight is 290 g/mol. The summed E-state index contributed by atoms with van der Waals surface area (Å²) in [5, 5.41) is 4.10. The fraction of sp³-hybridized carbons (Fsp3) is 0.250. The highest BCUT2D eigenvalue weighted by Crippen LogP contribution is 2.40. The minimum Gasteiger partial charge on any atom is -0.449 e. The van der Waals surface area contributed by atoms with Gasteiger partial charge in [-0.25, -0.2) is 0 Å². The standard InChI is InChI=1S/C16H16ClNO2/c1-16(2)19-14-7-6-13(9-15(14)20-16)18-10-11-4-3-5-12(17)8-11/h3-9,18H,10H2,1-2H3. The SMILES string of the molecule is CC1(C)Oc2ccc(NCc3cccc(Cl)c3)cc2O1. The van der Waals surface area contributed by atoms with Gasteiger partial charge in [-0.05, 0) is 29.8 Å². The molecule has 0 unspecified atom stereocenters. The molecule has 0 radical (unpaired) electrons. The third-order valence-electron chi connectivity index (χ3n) is 3.04. The summed E-state index contributed by atoms with van der Waals surface area (Å²) in [6, 6.07) is 13.7. The lowest BCUT2D eigenvalue weighted by Crippen LogP contribution is -2.29. The van der Waals surface area contributed by atoms with Crippen molar-refractivity contribution < 1.29 is 9.47 Å². The number of nitrogens with one attached hydrogen (secondary N) is 1. The molecular formula is C16H16ClNO2. The molecule has 0 saturated carbocycles. The summed E-state index contributed by atoms with van der Waals surface area (Å²) in [6.45, 7) is 4.50. The molecule has 4 heteroatoms. The topological polar surface area (TPSA) is 30.5 Å². The predicted octanol–water partition coefficient (Wildman–Crippen LogP) is 4.46.